The highest BCUT2D eigenvalue weighted by Crippen LogP contribution is 2.27. The molecule has 1 aromatic rings. The van der Waals surface area contributed by atoms with Gasteiger partial charge in [-0.1, -0.05) is 15.9 Å². The van der Waals surface area contributed by atoms with Crippen LogP contribution in [-0.2, 0) is 19.1 Å². The number of esters is 2. The lowest BCUT2D eigenvalue weighted by Gasteiger charge is -2.11. The number of methoxy groups -OCH3 is 1. The monoisotopic (exact) mass is 426 g/mol. The van der Waals surface area contributed by atoms with E-state index in [-0.39, 0.29) is 6.61 Å². The van der Waals surface area contributed by atoms with Crippen LogP contribution in [0.2, 0.25) is 0 Å². The minimum atomic E-state index is -0.421. The molecule has 0 radical (unpaired) electrons. The lowest BCUT2D eigenvalue weighted by Crippen LogP contribution is -2.08. The molecule has 142 valence electrons. The molecule has 6 nitrogen and oxygen atoms in total. The van der Waals surface area contributed by atoms with E-state index >= 15 is 0 Å². The summed E-state index contributed by atoms with van der Waals surface area (Å²) in [5, 5.41) is 0.339. The molecular formula is C19H23BrO6. The maximum absolute atomic E-state index is 12.0. The molecule has 0 aliphatic carbocycles. The van der Waals surface area contributed by atoms with Gasteiger partial charge in [0.2, 0.25) is 0 Å². The first kappa shape index (κ1) is 21.8. The summed E-state index contributed by atoms with van der Waals surface area (Å²) in [5.41, 5.74) is 1.11. The van der Waals surface area contributed by atoms with Crippen LogP contribution in [0.5, 0.6) is 11.5 Å². The molecule has 0 aliphatic rings. The third-order valence-electron chi connectivity index (χ3n) is 3.10. The molecule has 0 N–H and O–H groups in total. The number of carbonyl (C=O) groups excluding carboxylic acids is 2. The highest BCUT2D eigenvalue weighted by Gasteiger charge is 2.12. The fourth-order valence-electron chi connectivity index (χ4n) is 1.93. The maximum atomic E-state index is 12.0. The summed E-state index contributed by atoms with van der Waals surface area (Å²) in [6, 6.07) is 5.24. The molecule has 0 saturated carbocycles. The van der Waals surface area contributed by atoms with Crippen molar-refractivity contribution in [1.82, 2.24) is 0 Å². The number of hydrogen-bond donors (Lipinski definition) is 0. The first-order chi connectivity index (χ1) is 12.5. The van der Waals surface area contributed by atoms with E-state index in [1.54, 1.807) is 51.3 Å². The number of benzene rings is 1. The predicted molar refractivity (Wildman–Crippen MR) is 103 cm³/mol. The van der Waals surface area contributed by atoms with Crippen LogP contribution in [0.25, 0.3) is 6.08 Å². The van der Waals surface area contributed by atoms with Gasteiger partial charge in [0.15, 0.2) is 0 Å². The van der Waals surface area contributed by atoms with Crippen LogP contribution in [0.1, 0.15) is 19.4 Å². The normalized spacial score (nSPS) is 11.3. The minimum Gasteiger partial charge on any atom is -0.497 e. The number of hydrogen-bond acceptors (Lipinski definition) is 6. The summed E-state index contributed by atoms with van der Waals surface area (Å²) in [7, 11) is 1.56. The highest BCUT2D eigenvalue weighted by molar-refractivity contribution is 9.09. The Balaban J connectivity index is 2.98. The fourth-order valence-corrected chi connectivity index (χ4v) is 2.32. The van der Waals surface area contributed by atoms with E-state index in [4.69, 9.17) is 18.9 Å². The molecule has 26 heavy (non-hydrogen) atoms. The zero-order chi connectivity index (χ0) is 19.4. The van der Waals surface area contributed by atoms with Gasteiger partial charge >= 0.3 is 11.9 Å². The largest absolute Gasteiger partial charge is 0.497 e. The average Bonchev–Trinajstić information content (AvgIpc) is 2.64. The van der Waals surface area contributed by atoms with E-state index in [0.29, 0.717) is 41.2 Å². The molecule has 0 aliphatic heterocycles. The number of rotatable bonds is 10. The molecule has 0 heterocycles. The Morgan fingerprint density at radius 3 is 2.50 bits per heavy atom. The second kappa shape index (κ2) is 12.1. The van der Waals surface area contributed by atoms with Gasteiger partial charge in [-0.2, -0.15) is 0 Å². The van der Waals surface area contributed by atoms with E-state index in [1.807, 2.05) is 0 Å². The van der Waals surface area contributed by atoms with Gasteiger partial charge in [-0.15, -0.1) is 0 Å². The standard InChI is InChI=1S/C19H23BrO6/c1-4-24-18(21)7-6-10-26-17-9-8-16(23-3)12-14(17)11-15(13-20)19(22)25-5-2/h6-9,11-12H,4-5,10,13H2,1-3H3/b7-6+,15-11+. The second-order valence-electron chi connectivity index (χ2n) is 4.89. The van der Waals surface area contributed by atoms with Crippen molar-refractivity contribution in [3.05, 3.63) is 41.5 Å². The molecule has 1 aromatic carbocycles. The SMILES string of the molecule is CCOC(=O)/C=C/COc1ccc(OC)cc1/C=C(\CBr)C(=O)OCC. The Morgan fingerprint density at radius 1 is 1.15 bits per heavy atom. The predicted octanol–water partition coefficient (Wildman–Crippen LogP) is 3.53. The molecule has 0 unspecified atom stereocenters. The Labute approximate surface area is 161 Å². The van der Waals surface area contributed by atoms with Gasteiger partial charge in [-0.25, -0.2) is 9.59 Å². The van der Waals surface area contributed by atoms with Crippen molar-refractivity contribution in [3.8, 4) is 11.5 Å². The quantitative estimate of drug-likeness (QED) is 0.323. The summed E-state index contributed by atoms with van der Waals surface area (Å²) in [4.78, 5) is 23.3. The fraction of sp³-hybridized carbons (Fsp3) is 0.368. The Kier molecular flexibility index (Phi) is 10.2. The van der Waals surface area contributed by atoms with Gasteiger partial charge in [-0.3, -0.25) is 0 Å². The van der Waals surface area contributed by atoms with Gasteiger partial charge in [0.25, 0.3) is 0 Å². The zero-order valence-electron chi connectivity index (χ0n) is 15.1. The van der Waals surface area contributed by atoms with Crippen LogP contribution in [0.15, 0.2) is 35.9 Å². The van der Waals surface area contributed by atoms with Crippen LogP contribution < -0.4 is 9.47 Å². The van der Waals surface area contributed by atoms with Gasteiger partial charge in [0, 0.05) is 22.5 Å². The van der Waals surface area contributed by atoms with E-state index in [1.165, 1.54) is 6.08 Å². The first-order valence-corrected chi connectivity index (χ1v) is 9.25. The first-order valence-electron chi connectivity index (χ1n) is 8.13. The van der Waals surface area contributed by atoms with Gasteiger partial charge < -0.3 is 18.9 Å². The molecule has 0 atom stereocenters. The molecule has 7 heteroatoms. The summed E-state index contributed by atoms with van der Waals surface area (Å²) in [6.07, 6.45) is 4.55. The van der Waals surface area contributed by atoms with Crippen LogP contribution in [0, 0.1) is 0 Å². The number of carbonyl (C=O) groups is 2. The number of halogens is 1. The van der Waals surface area contributed by atoms with Crippen LogP contribution in [-0.4, -0.2) is 44.2 Å². The van der Waals surface area contributed by atoms with Crippen molar-refractivity contribution in [2.75, 3.05) is 32.3 Å². The summed E-state index contributed by atoms with van der Waals surface area (Å²) in [6.45, 7) is 4.28. The topological polar surface area (TPSA) is 71.1 Å². The Morgan fingerprint density at radius 2 is 1.88 bits per heavy atom. The smallest absolute Gasteiger partial charge is 0.334 e. The van der Waals surface area contributed by atoms with Gasteiger partial charge in [0.05, 0.1) is 20.3 Å². The molecule has 1 rings (SSSR count). The summed E-state index contributed by atoms with van der Waals surface area (Å²) < 4.78 is 20.8. The third-order valence-corrected chi connectivity index (χ3v) is 3.71. The van der Waals surface area contributed by atoms with E-state index in [0.717, 1.165) is 0 Å². The molecule has 0 aromatic heterocycles. The lowest BCUT2D eigenvalue weighted by atomic mass is 10.1. The highest BCUT2D eigenvalue weighted by atomic mass is 79.9. The Hall–Kier alpha value is -2.28. The van der Waals surface area contributed by atoms with Crippen LogP contribution in [0.4, 0.5) is 0 Å². The molecular weight excluding hydrogens is 404 g/mol. The molecule has 0 bridgehead atoms. The van der Waals surface area contributed by atoms with E-state index in [9.17, 15) is 9.59 Å². The second-order valence-corrected chi connectivity index (χ2v) is 5.45. The molecule has 0 amide bonds. The molecule has 0 spiro atoms. The lowest BCUT2D eigenvalue weighted by molar-refractivity contribution is -0.138. The minimum absolute atomic E-state index is 0.176. The molecule has 0 saturated heterocycles. The van der Waals surface area contributed by atoms with Crippen LogP contribution in [0.3, 0.4) is 0 Å². The maximum Gasteiger partial charge on any atom is 0.334 e. The molecule has 0 fully saturated rings. The third kappa shape index (κ3) is 7.31. The number of alkyl halides is 1. The summed E-state index contributed by atoms with van der Waals surface area (Å²) in [5.74, 6) is 0.348. The average molecular weight is 427 g/mol. The van der Waals surface area contributed by atoms with Gasteiger partial charge in [-0.05, 0) is 44.2 Å². The van der Waals surface area contributed by atoms with Crippen molar-refractivity contribution in [2.45, 2.75) is 13.8 Å². The van der Waals surface area contributed by atoms with Crippen molar-refractivity contribution >= 4 is 33.9 Å². The van der Waals surface area contributed by atoms with Crippen molar-refractivity contribution in [3.63, 3.8) is 0 Å². The van der Waals surface area contributed by atoms with Crippen molar-refractivity contribution < 1.29 is 28.5 Å². The zero-order valence-corrected chi connectivity index (χ0v) is 16.7. The van der Waals surface area contributed by atoms with E-state index < -0.39 is 11.9 Å². The van der Waals surface area contributed by atoms with Crippen molar-refractivity contribution in [1.29, 1.82) is 0 Å². The van der Waals surface area contributed by atoms with Crippen molar-refractivity contribution in [2.24, 2.45) is 0 Å². The summed E-state index contributed by atoms with van der Waals surface area (Å²) >= 11 is 3.29. The number of ether oxygens (including phenoxy) is 4. The van der Waals surface area contributed by atoms with Gasteiger partial charge in [0.1, 0.15) is 18.1 Å². The van der Waals surface area contributed by atoms with Crippen LogP contribution >= 0.6 is 15.9 Å². The van der Waals surface area contributed by atoms with E-state index in [2.05, 4.69) is 15.9 Å². The Bertz CT molecular complexity index is 666.